The number of anilines is 1. The third kappa shape index (κ3) is 3.13. The van der Waals surface area contributed by atoms with Crippen LogP contribution in [0.15, 0.2) is 6.20 Å². The second-order valence-electron chi connectivity index (χ2n) is 3.99. The van der Waals surface area contributed by atoms with Crippen LogP contribution in [-0.2, 0) is 12.8 Å². The number of hydrazine groups is 1. The molecule has 9 heteroatoms. The molecule has 2 heterocycles. The molecule has 0 radical (unpaired) electrons. The van der Waals surface area contributed by atoms with Crippen LogP contribution in [0.2, 0.25) is 0 Å². The van der Waals surface area contributed by atoms with Gasteiger partial charge in [0.2, 0.25) is 0 Å². The standard InChI is InChI=1S/C10H16N6O2S/c1-16-10-7(2-12-16)9(15-11)13-8(14-10)5-19-4-6(18)3-17/h2,6,17-18H,3-5,11H2,1H3,(H,13,14,15). The van der Waals surface area contributed by atoms with Crippen LogP contribution in [0.25, 0.3) is 11.0 Å². The summed E-state index contributed by atoms with van der Waals surface area (Å²) in [5.41, 5.74) is 3.23. The van der Waals surface area contributed by atoms with E-state index in [1.54, 1.807) is 17.9 Å². The zero-order chi connectivity index (χ0) is 13.8. The zero-order valence-corrected chi connectivity index (χ0v) is 11.3. The quantitative estimate of drug-likeness (QED) is 0.403. The van der Waals surface area contributed by atoms with E-state index in [0.29, 0.717) is 28.8 Å². The van der Waals surface area contributed by atoms with Gasteiger partial charge in [0.1, 0.15) is 5.82 Å². The Kier molecular flexibility index (Phi) is 4.53. The summed E-state index contributed by atoms with van der Waals surface area (Å²) in [5.74, 6) is 7.50. The number of rotatable bonds is 6. The number of aliphatic hydroxyl groups is 2. The molecule has 19 heavy (non-hydrogen) atoms. The lowest BCUT2D eigenvalue weighted by molar-refractivity contribution is 0.113. The lowest BCUT2D eigenvalue weighted by Crippen LogP contribution is -2.15. The van der Waals surface area contributed by atoms with E-state index in [0.717, 1.165) is 5.39 Å². The first-order valence-electron chi connectivity index (χ1n) is 5.67. The molecule has 0 spiro atoms. The van der Waals surface area contributed by atoms with Crippen molar-refractivity contribution in [2.75, 3.05) is 17.8 Å². The molecule has 8 nitrogen and oxygen atoms in total. The Morgan fingerprint density at radius 2 is 2.32 bits per heavy atom. The highest BCUT2D eigenvalue weighted by molar-refractivity contribution is 7.98. The van der Waals surface area contributed by atoms with E-state index < -0.39 is 6.10 Å². The minimum atomic E-state index is -0.725. The van der Waals surface area contributed by atoms with E-state index >= 15 is 0 Å². The predicted molar refractivity (Wildman–Crippen MR) is 73.4 cm³/mol. The molecule has 0 amide bonds. The SMILES string of the molecule is Cn1ncc2c(NN)nc(CSCC(O)CO)nc21. The highest BCUT2D eigenvalue weighted by Gasteiger charge is 2.11. The van der Waals surface area contributed by atoms with Crippen LogP contribution in [0, 0.1) is 0 Å². The lowest BCUT2D eigenvalue weighted by atomic mass is 10.4. The van der Waals surface area contributed by atoms with Crippen LogP contribution < -0.4 is 11.3 Å². The number of aromatic nitrogens is 4. The van der Waals surface area contributed by atoms with Crippen LogP contribution >= 0.6 is 11.8 Å². The molecule has 0 aliphatic carbocycles. The van der Waals surface area contributed by atoms with E-state index in [4.69, 9.17) is 10.9 Å². The summed E-state index contributed by atoms with van der Waals surface area (Å²) >= 11 is 1.44. The Labute approximate surface area is 114 Å². The molecule has 2 rings (SSSR count). The molecule has 0 saturated heterocycles. The van der Waals surface area contributed by atoms with Crippen molar-refractivity contribution in [2.24, 2.45) is 12.9 Å². The van der Waals surface area contributed by atoms with Crippen molar-refractivity contribution in [3.63, 3.8) is 0 Å². The van der Waals surface area contributed by atoms with Crippen molar-refractivity contribution < 1.29 is 10.2 Å². The number of nitrogens with zero attached hydrogens (tertiary/aromatic N) is 4. The van der Waals surface area contributed by atoms with Gasteiger partial charge in [-0.2, -0.15) is 16.9 Å². The van der Waals surface area contributed by atoms with E-state index in [-0.39, 0.29) is 6.61 Å². The van der Waals surface area contributed by atoms with Crippen LogP contribution in [0.3, 0.4) is 0 Å². The first-order chi connectivity index (χ1) is 9.15. The Bertz CT molecular complexity index is 560. The predicted octanol–water partition coefficient (Wildman–Crippen LogP) is -0.765. The molecule has 2 aromatic heterocycles. The van der Waals surface area contributed by atoms with Crippen molar-refractivity contribution in [3.05, 3.63) is 12.0 Å². The molecule has 5 N–H and O–H groups in total. The minimum absolute atomic E-state index is 0.246. The third-order valence-electron chi connectivity index (χ3n) is 2.53. The Balaban J connectivity index is 2.17. The Morgan fingerprint density at radius 3 is 3.00 bits per heavy atom. The van der Waals surface area contributed by atoms with Gasteiger partial charge in [-0.15, -0.1) is 0 Å². The fourth-order valence-electron chi connectivity index (χ4n) is 1.58. The maximum absolute atomic E-state index is 9.26. The average molecular weight is 284 g/mol. The molecule has 1 unspecified atom stereocenters. The number of nitrogens with two attached hydrogens (primary N) is 1. The number of hydrogen-bond donors (Lipinski definition) is 4. The third-order valence-corrected chi connectivity index (χ3v) is 3.61. The highest BCUT2D eigenvalue weighted by Crippen LogP contribution is 2.20. The monoisotopic (exact) mass is 284 g/mol. The van der Waals surface area contributed by atoms with E-state index in [9.17, 15) is 5.11 Å². The number of aliphatic hydroxyl groups excluding tert-OH is 2. The van der Waals surface area contributed by atoms with E-state index in [2.05, 4.69) is 20.5 Å². The summed E-state index contributed by atoms with van der Waals surface area (Å²) in [6.07, 6.45) is 0.925. The smallest absolute Gasteiger partial charge is 0.163 e. The Hall–Kier alpha value is -1.42. The molecular weight excluding hydrogens is 268 g/mol. The van der Waals surface area contributed by atoms with Crippen molar-refractivity contribution >= 4 is 28.6 Å². The average Bonchev–Trinajstić information content (AvgIpc) is 2.79. The summed E-state index contributed by atoms with van der Waals surface area (Å²) in [5, 5.41) is 22.9. The minimum Gasteiger partial charge on any atom is -0.394 e. The first kappa shape index (κ1) is 14.0. The number of thioether (sulfide) groups is 1. The fourth-order valence-corrected chi connectivity index (χ4v) is 2.39. The van der Waals surface area contributed by atoms with Crippen molar-refractivity contribution in [2.45, 2.75) is 11.9 Å². The van der Waals surface area contributed by atoms with Gasteiger partial charge in [-0.25, -0.2) is 15.8 Å². The van der Waals surface area contributed by atoms with Crippen LogP contribution in [0.1, 0.15) is 5.82 Å². The fraction of sp³-hybridized carbons (Fsp3) is 0.500. The maximum Gasteiger partial charge on any atom is 0.163 e. The summed E-state index contributed by atoms with van der Waals surface area (Å²) in [6.45, 7) is -0.246. The molecule has 1 atom stereocenters. The van der Waals surface area contributed by atoms with Crippen LogP contribution in [0.4, 0.5) is 5.82 Å². The number of fused-ring (bicyclic) bond motifs is 1. The molecule has 2 aromatic rings. The molecule has 0 bridgehead atoms. The molecule has 0 aromatic carbocycles. The van der Waals surface area contributed by atoms with Crippen LogP contribution in [0.5, 0.6) is 0 Å². The van der Waals surface area contributed by atoms with Gasteiger partial charge in [-0.1, -0.05) is 0 Å². The number of hydrogen-bond acceptors (Lipinski definition) is 8. The zero-order valence-electron chi connectivity index (χ0n) is 10.4. The maximum atomic E-state index is 9.26. The molecule has 0 saturated carbocycles. The van der Waals surface area contributed by atoms with Crippen molar-refractivity contribution in [3.8, 4) is 0 Å². The Morgan fingerprint density at radius 1 is 1.53 bits per heavy atom. The van der Waals surface area contributed by atoms with Gasteiger partial charge < -0.3 is 15.6 Å². The van der Waals surface area contributed by atoms with Gasteiger partial charge in [0.25, 0.3) is 0 Å². The van der Waals surface area contributed by atoms with Crippen molar-refractivity contribution in [1.82, 2.24) is 19.7 Å². The van der Waals surface area contributed by atoms with E-state index in [1.807, 2.05) is 0 Å². The van der Waals surface area contributed by atoms with Gasteiger partial charge in [-0.3, -0.25) is 4.68 Å². The largest absolute Gasteiger partial charge is 0.394 e. The van der Waals surface area contributed by atoms with Crippen molar-refractivity contribution in [1.29, 1.82) is 0 Å². The second kappa shape index (κ2) is 6.15. The van der Waals surface area contributed by atoms with Crippen LogP contribution in [-0.4, -0.2) is 48.4 Å². The highest BCUT2D eigenvalue weighted by atomic mass is 32.2. The molecule has 104 valence electrons. The lowest BCUT2D eigenvalue weighted by Gasteiger charge is -2.07. The molecular formula is C10H16N6O2S. The van der Waals surface area contributed by atoms with Gasteiger partial charge >= 0.3 is 0 Å². The second-order valence-corrected chi connectivity index (χ2v) is 5.02. The molecule has 0 fully saturated rings. The van der Waals surface area contributed by atoms with E-state index in [1.165, 1.54) is 11.8 Å². The summed E-state index contributed by atoms with van der Waals surface area (Å²) < 4.78 is 1.65. The summed E-state index contributed by atoms with van der Waals surface area (Å²) in [4.78, 5) is 8.68. The summed E-state index contributed by atoms with van der Waals surface area (Å²) in [7, 11) is 1.79. The number of nitrogens with one attached hydrogen (secondary N) is 1. The van der Waals surface area contributed by atoms with Gasteiger partial charge in [0.15, 0.2) is 11.5 Å². The molecule has 0 aliphatic rings. The molecule has 0 aliphatic heterocycles. The normalized spacial score (nSPS) is 12.8. The van der Waals surface area contributed by atoms with Gasteiger partial charge in [-0.05, 0) is 0 Å². The van der Waals surface area contributed by atoms with Gasteiger partial charge in [0.05, 0.1) is 30.0 Å². The summed E-state index contributed by atoms with van der Waals surface area (Å²) in [6, 6.07) is 0. The number of nitrogen functional groups attached to an aromatic ring is 1. The van der Waals surface area contributed by atoms with Gasteiger partial charge in [0, 0.05) is 12.8 Å². The number of aryl methyl sites for hydroxylation is 1. The topological polar surface area (TPSA) is 122 Å². The first-order valence-corrected chi connectivity index (χ1v) is 6.83.